The highest BCUT2D eigenvalue weighted by Gasteiger charge is 2.02. The minimum absolute atomic E-state index is 0. The number of hydrogen-bond acceptors (Lipinski definition) is 2. The molecule has 0 aliphatic heterocycles. The molecule has 0 bridgehead atoms. The second-order valence-electron chi connectivity index (χ2n) is 2.40. The molecule has 76 valence electrons. The average molecular weight is 227 g/mol. The van der Waals surface area contributed by atoms with Gasteiger partial charge in [0.25, 0.3) is 0 Å². The maximum Gasteiger partial charge on any atom is 0.123 e. The van der Waals surface area contributed by atoms with Crippen molar-refractivity contribution in [1.29, 1.82) is 0 Å². The molecule has 0 saturated heterocycles. The summed E-state index contributed by atoms with van der Waals surface area (Å²) in [4.78, 5) is 0. The van der Waals surface area contributed by atoms with Gasteiger partial charge in [-0.3, -0.25) is 0 Å². The molecule has 0 heterocycles. The van der Waals surface area contributed by atoms with Crippen LogP contribution in [0.3, 0.4) is 0 Å². The summed E-state index contributed by atoms with van der Waals surface area (Å²) in [7, 11) is 0. The Hall–Kier alpha value is -0.350. The Morgan fingerprint density at radius 1 is 1.31 bits per heavy atom. The van der Waals surface area contributed by atoms with Crippen molar-refractivity contribution >= 4 is 24.8 Å². The smallest absolute Gasteiger partial charge is 0.123 e. The summed E-state index contributed by atoms with van der Waals surface area (Å²) >= 11 is 0. The van der Waals surface area contributed by atoms with E-state index in [2.05, 4.69) is 0 Å². The van der Waals surface area contributed by atoms with E-state index < -0.39 is 0 Å². The molecule has 1 rings (SSSR count). The van der Waals surface area contributed by atoms with Crippen molar-refractivity contribution in [3.8, 4) is 0 Å². The van der Waals surface area contributed by atoms with Gasteiger partial charge >= 0.3 is 0 Å². The van der Waals surface area contributed by atoms with Crippen molar-refractivity contribution < 1.29 is 4.39 Å². The molecule has 1 aromatic rings. The molecule has 2 nitrogen and oxygen atoms in total. The third-order valence-corrected chi connectivity index (χ3v) is 1.53. The summed E-state index contributed by atoms with van der Waals surface area (Å²) in [5.41, 5.74) is 11.6. The van der Waals surface area contributed by atoms with Gasteiger partial charge in [-0.2, -0.15) is 0 Å². The van der Waals surface area contributed by atoms with E-state index in [0.29, 0.717) is 6.54 Å². The van der Waals surface area contributed by atoms with Crippen LogP contribution < -0.4 is 11.5 Å². The zero-order valence-electron chi connectivity index (χ0n) is 6.94. The minimum Gasteiger partial charge on any atom is -0.329 e. The summed E-state index contributed by atoms with van der Waals surface area (Å²) in [5.74, 6) is -0.272. The molecule has 1 atom stereocenters. The first-order valence-electron chi connectivity index (χ1n) is 3.45. The Kier molecular flexibility index (Phi) is 8.26. The van der Waals surface area contributed by atoms with Crippen LogP contribution in [0.2, 0.25) is 0 Å². The van der Waals surface area contributed by atoms with Crippen LogP contribution in [-0.4, -0.2) is 6.54 Å². The van der Waals surface area contributed by atoms with Crippen LogP contribution in [0.15, 0.2) is 24.3 Å². The quantitative estimate of drug-likeness (QED) is 0.806. The molecule has 4 N–H and O–H groups in total. The zero-order valence-corrected chi connectivity index (χ0v) is 8.58. The zero-order chi connectivity index (χ0) is 8.27. The Bertz CT molecular complexity index is 245. The Morgan fingerprint density at radius 3 is 2.38 bits per heavy atom. The summed E-state index contributed by atoms with van der Waals surface area (Å²) in [5, 5.41) is 0. The van der Waals surface area contributed by atoms with E-state index in [1.54, 1.807) is 12.1 Å². The largest absolute Gasteiger partial charge is 0.329 e. The molecule has 0 unspecified atom stereocenters. The second-order valence-corrected chi connectivity index (χ2v) is 2.40. The standard InChI is InChI=1S/C8H11FN2.2ClH/c9-7-3-1-2-6(4-7)8(11)5-10;;/h1-4,8H,5,10-11H2;2*1H/t8-;;/m0../s1. The molecule has 0 saturated carbocycles. The fourth-order valence-electron chi connectivity index (χ4n) is 0.873. The lowest BCUT2D eigenvalue weighted by atomic mass is 10.1. The number of nitrogens with two attached hydrogens (primary N) is 2. The fraction of sp³-hybridized carbons (Fsp3) is 0.250. The van der Waals surface area contributed by atoms with Gasteiger partial charge in [0.2, 0.25) is 0 Å². The van der Waals surface area contributed by atoms with E-state index in [9.17, 15) is 4.39 Å². The summed E-state index contributed by atoms with van der Waals surface area (Å²) in [6.07, 6.45) is 0. The minimum atomic E-state index is -0.272. The van der Waals surface area contributed by atoms with Gasteiger partial charge in [0.15, 0.2) is 0 Å². The lowest BCUT2D eigenvalue weighted by Gasteiger charge is -2.07. The van der Waals surface area contributed by atoms with Gasteiger partial charge in [0.1, 0.15) is 5.82 Å². The summed E-state index contributed by atoms with van der Waals surface area (Å²) < 4.78 is 12.6. The van der Waals surface area contributed by atoms with Crippen molar-refractivity contribution in [2.45, 2.75) is 6.04 Å². The molecular formula is C8H13Cl2FN2. The fourth-order valence-corrected chi connectivity index (χ4v) is 0.873. The normalized spacial score (nSPS) is 11.0. The van der Waals surface area contributed by atoms with Crippen molar-refractivity contribution in [2.75, 3.05) is 6.54 Å². The van der Waals surface area contributed by atoms with E-state index in [0.717, 1.165) is 5.56 Å². The van der Waals surface area contributed by atoms with Gasteiger partial charge in [-0.25, -0.2) is 4.39 Å². The highest BCUT2D eigenvalue weighted by Crippen LogP contribution is 2.09. The molecule has 0 aromatic heterocycles. The van der Waals surface area contributed by atoms with Crippen molar-refractivity contribution in [3.63, 3.8) is 0 Å². The van der Waals surface area contributed by atoms with Gasteiger partial charge in [0.05, 0.1) is 0 Å². The number of benzene rings is 1. The molecule has 0 amide bonds. The molecular weight excluding hydrogens is 214 g/mol. The molecule has 0 fully saturated rings. The van der Waals surface area contributed by atoms with Crippen molar-refractivity contribution in [3.05, 3.63) is 35.6 Å². The first-order chi connectivity index (χ1) is 5.24. The van der Waals surface area contributed by atoms with E-state index in [-0.39, 0.29) is 36.7 Å². The predicted octanol–water partition coefficient (Wildman–Crippen LogP) is 1.63. The maximum absolute atomic E-state index is 12.6. The molecule has 0 radical (unpaired) electrons. The average Bonchev–Trinajstić information content (AvgIpc) is 2.03. The molecule has 0 aliphatic rings. The topological polar surface area (TPSA) is 52.0 Å². The third kappa shape index (κ3) is 4.43. The van der Waals surface area contributed by atoms with Crippen LogP contribution in [0.25, 0.3) is 0 Å². The van der Waals surface area contributed by atoms with Crippen LogP contribution >= 0.6 is 24.8 Å². The molecule has 1 aromatic carbocycles. The van der Waals surface area contributed by atoms with Crippen LogP contribution in [0, 0.1) is 5.82 Å². The van der Waals surface area contributed by atoms with E-state index in [4.69, 9.17) is 11.5 Å². The molecule has 5 heteroatoms. The molecule has 13 heavy (non-hydrogen) atoms. The highest BCUT2D eigenvalue weighted by atomic mass is 35.5. The van der Waals surface area contributed by atoms with Crippen LogP contribution in [-0.2, 0) is 0 Å². The van der Waals surface area contributed by atoms with E-state index in [1.807, 2.05) is 0 Å². The first kappa shape index (κ1) is 15.1. The summed E-state index contributed by atoms with van der Waals surface area (Å²) in [6, 6.07) is 5.91. The second kappa shape index (κ2) is 7.09. The lowest BCUT2D eigenvalue weighted by molar-refractivity contribution is 0.620. The van der Waals surface area contributed by atoms with Gasteiger partial charge in [-0.15, -0.1) is 24.8 Å². The Balaban J connectivity index is 0. The van der Waals surface area contributed by atoms with Gasteiger partial charge in [-0.05, 0) is 17.7 Å². The molecule has 0 spiro atoms. The van der Waals surface area contributed by atoms with Crippen LogP contribution in [0.4, 0.5) is 4.39 Å². The number of rotatable bonds is 2. The lowest BCUT2D eigenvalue weighted by Crippen LogP contribution is -2.20. The third-order valence-electron chi connectivity index (χ3n) is 1.53. The first-order valence-corrected chi connectivity index (χ1v) is 3.45. The highest BCUT2D eigenvalue weighted by molar-refractivity contribution is 5.85. The van der Waals surface area contributed by atoms with E-state index in [1.165, 1.54) is 12.1 Å². The van der Waals surface area contributed by atoms with Crippen LogP contribution in [0.1, 0.15) is 11.6 Å². The number of hydrogen-bond donors (Lipinski definition) is 2. The van der Waals surface area contributed by atoms with Crippen LogP contribution in [0.5, 0.6) is 0 Å². The van der Waals surface area contributed by atoms with Crippen molar-refractivity contribution in [2.24, 2.45) is 11.5 Å². The Labute approximate surface area is 89.3 Å². The van der Waals surface area contributed by atoms with Gasteiger partial charge < -0.3 is 11.5 Å². The van der Waals surface area contributed by atoms with E-state index >= 15 is 0 Å². The monoisotopic (exact) mass is 226 g/mol. The maximum atomic E-state index is 12.6. The Morgan fingerprint density at radius 2 is 1.92 bits per heavy atom. The number of halogens is 3. The predicted molar refractivity (Wildman–Crippen MR) is 56.9 cm³/mol. The molecule has 0 aliphatic carbocycles. The van der Waals surface area contributed by atoms with Gasteiger partial charge in [-0.1, -0.05) is 12.1 Å². The van der Waals surface area contributed by atoms with Crippen molar-refractivity contribution in [1.82, 2.24) is 0 Å². The SMILES string of the molecule is Cl.Cl.NC[C@H](N)c1cccc(F)c1. The van der Waals surface area contributed by atoms with Gasteiger partial charge in [0, 0.05) is 12.6 Å². The summed E-state index contributed by atoms with van der Waals surface area (Å²) in [6.45, 7) is 0.337.